The molecule has 20 heavy (non-hydrogen) atoms. The smallest absolute Gasteiger partial charge is 0.148 e. The summed E-state index contributed by atoms with van der Waals surface area (Å²) in [4.78, 5) is 0. The van der Waals surface area contributed by atoms with Gasteiger partial charge in [0.1, 0.15) is 11.6 Å². The van der Waals surface area contributed by atoms with Gasteiger partial charge in [-0.25, -0.2) is 0 Å². The highest BCUT2D eigenvalue weighted by molar-refractivity contribution is 5.70. The summed E-state index contributed by atoms with van der Waals surface area (Å²) in [5.74, 6) is 1.74. The predicted octanol–water partition coefficient (Wildman–Crippen LogP) is 2.17. The first-order valence-corrected chi connectivity index (χ1v) is 6.94. The van der Waals surface area contributed by atoms with Crippen LogP contribution >= 0.6 is 0 Å². The number of aryl methyl sites for hydroxylation is 1. The van der Waals surface area contributed by atoms with Gasteiger partial charge in [-0.05, 0) is 32.0 Å². The molecular weight excluding hydrogens is 252 g/mol. The highest BCUT2D eigenvalue weighted by Gasteiger charge is 2.16. The monoisotopic (exact) mass is 272 g/mol. The van der Waals surface area contributed by atoms with E-state index in [1.807, 2.05) is 18.2 Å². The van der Waals surface area contributed by atoms with Crippen LogP contribution in [0.3, 0.4) is 0 Å². The maximum Gasteiger partial charge on any atom is 0.148 e. The Balaban J connectivity index is 1.83. The van der Waals surface area contributed by atoms with E-state index in [1.54, 1.807) is 7.11 Å². The van der Waals surface area contributed by atoms with E-state index in [0.29, 0.717) is 6.04 Å². The first kappa shape index (κ1) is 13.0. The second kappa shape index (κ2) is 5.54. The Kier molecular flexibility index (Phi) is 3.60. The van der Waals surface area contributed by atoms with E-state index >= 15 is 0 Å². The normalized spacial score (nSPS) is 18.2. The molecule has 1 aliphatic heterocycles. The van der Waals surface area contributed by atoms with E-state index in [2.05, 4.69) is 33.8 Å². The third-order valence-electron chi connectivity index (χ3n) is 3.64. The van der Waals surface area contributed by atoms with Gasteiger partial charge >= 0.3 is 0 Å². The van der Waals surface area contributed by atoms with Crippen LogP contribution in [-0.4, -0.2) is 36.4 Å². The molecule has 0 aliphatic carbocycles. The topological polar surface area (TPSA) is 62.0 Å². The third-order valence-corrected chi connectivity index (χ3v) is 3.64. The lowest BCUT2D eigenvalue weighted by molar-refractivity contribution is 0.416. The summed E-state index contributed by atoms with van der Waals surface area (Å²) in [5, 5.41) is 14.2. The average molecular weight is 272 g/mol. The molecule has 3 rings (SSSR count). The molecular formula is C15H20N4O. The van der Waals surface area contributed by atoms with Crippen LogP contribution in [0.5, 0.6) is 5.75 Å². The molecule has 1 fully saturated rings. The zero-order valence-electron chi connectivity index (χ0n) is 11.9. The zero-order chi connectivity index (χ0) is 13.9. The first-order valence-electron chi connectivity index (χ1n) is 6.94. The van der Waals surface area contributed by atoms with Gasteiger partial charge in [0.15, 0.2) is 0 Å². The highest BCUT2D eigenvalue weighted by atomic mass is 16.5. The third kappa shape index (κ3) is 2.63. The fourth-order valence-corrected chi connectivity index (χ4v) is 2.55. The van der Waals surface area contributed by atoms with E-state index in [4.69, 9.17) is 4.74 Å². The molecule has 2 aromatic rings. The van der Waals surface area contributed by atoms with Gasteiger partial charge in [0.25, 0.3) is 0 Å². The van der Waals surface area contributed by atoms with E-state index < -0.39 is 0 Å². The fourth-order valence-electron chi connectivity index (χ4n) is 2.55. The number of aromatic nitrogens is 2. The standard InChI is InChI=1S/C15H20N4O/c1-10-3-4-14(20-2)12(7-10)13-8-15(19-18-13)17-11-5-6-16-9-11/h3-4,7-8,11,16H,5-6,9H2,1-2H3,(H2,17,18,19). The van der Waals surface area contributed by atoms with E-state index in [0.717, 1.165) is 42.3 Å². The lowest BCUT2D eigenvalue weighted by atomic mass is 10.1. The molecule has 1 aromatic heterocycles. The number of benzene rings is 1. The number of hydrogen-bond acceptors (Lipinski definition) is 4. The van der Waals surface area contributed by atoms with Gasteiger partial charge in [-0.2, -0.15) is 5.10 Å². The number of hydrogen-bond donors (Lipinski definition) is 3. The van der Waals surface area contributed by atoms with Crippen molar-refractivity contribution in [1.29, 1.82) is 0 Å². The molecule has 0 bridgehead atoms. The number of nitrogens with zero attached hydrogens (tertiary/aromatic N) is 1. The van der Waals surface area contributed by atoms with Gasteiger partial charge in [-0.15, -0.1) is 0 Å². The molecule has 3 N–H and O–H groups in total. The second-order valence-electron chi connectivity index (χ2n) is 5.20. The lowest BCUT2D eigenvalue weighted by Crippen LogP contribution is -2.22. The maximum atomic E-state index is 5.42. The van der Waals surface area contributed by atoms with Crippen LogP contribution < -0.4 is 15.4 Å². The molecule has 1 aromatic carbocycles. The maximum absolute atomic E-state index is 5.42. The summed E-state index contributed by atoms with van der Waals surface area (Å²) in [6.45, 7) is 4.14. The first-order chi connectivity index (χ1) is 9.76. The van der Waals surface area contributed by atoms with Gasteiger partial charge < -0.3 is 15.4 Å². The van der Waals surface area contributed by atoms with Crippen molar-refractivity contribution in [3.63, 3.8) is 0 Å². The molecule has 2 heterocycles. The minimum absolute atomic E-state index is 0.463. The van der Waals surface area contributed by atoms with Gasteiger partial charge in [0.05, 0.1) is 12.8 Å². The van der Waals surface area contributed by atoms with Crippen LogP contribution in [0.4, 0.5) is 5.82 Å². The van der Waals surface area contributed by atoms with Crippen molar-refractivity contribution in [2.75, 3.05) is 25.5 Å². The Morgan fingerprint density at radius 1 is 1.35 bits per heavy atom. The quantitative estimate of drug-likeness (QED) is 0.798. The van der Waals surface area contributed by atoms with E-state index in [9.17, 15) is 0 Å². The van der Waals surface area contributed by atoms with Crippen LogP contribution in [0.1, 0.15) is 12.0 Å². The summed E-state index contributed by atoms with van der Waals surface area (Å²) in [6, 6.07) is 8.63. The molecule has 1 unspecified atom stereocenters. The summed E-state index contributed by atoms with van der Waals surface area (Å²) in [7, 11) is 1.69. The van der Waals surface area contributed by atoms with E-state index in [1.165, 1.54) is 5.56 Å². The molecule has 0 amide bonds. The highest BCUT2D eigenvalue weighted by Crippen LogP contribution is 2.30. The van der Waals surface area contributed by atoms with Gasteiger partial charge in [-0.3, -0.25) is 5.10 Å². The summed E-state index contributed by atoms with van der Waals surface area (Å²) in [6.07, 6.45) is 1.13. The van der Waals surface area contributed by atoms with Crippen molar-refractivity contribution in [3.05, 3.63) is 29.8 Å². The molecule has 1 aliphatic rings. The molecule has 0 spiro atoms. The van der Waals surface area contributed by atoms with Crippen LogP contribution in [0.25, 0.3) is 11.3 Å². The summed E-state index contributed by atoms with van der Waals surface area (Å²) >= 11 is 0. The molecule has 106 valence electrons. The second-order valence-corrected chi connectivity index (χ2v) is 5.20. The lowest BCUT2D eigenvalue weighted by Gasteiger charge is -2.09. The number of ether oxygens (including phenoxy) is 1. The van der Waals surface area contributed by atoms with Gasteiger partial charge in [0.2, 0.25) is 0 Å². The molecule has 1 atom stereocenters. The predicted molar refractivity (Wildman–Crippen MR) is 80.2 cm³/mol. The number of methoxy groups -OCH3 is 1. The Bertz CT molecular complexity index is 587. The van der Waals surface area contributed by atoms with Crippen molar-refractivity contribution >= 4 is 5.82 Å². The van der Waals surface area contributed by atoms with Crippen LogP contribution in [0.15, 0.2) is 24.3 Å². The zero-order valence-corrected chi connectivity index (χ0v) is 11.9. The minimum Gasteiger partial charge on any atom is -0.496 e. The molecule has 5 heteroatoms. The SMILES string of the molecule is COc1ccc(C)cc1-c1cc(NC2CCNC2)n[nH]1. The number of aromatic amines is 1. The fraction of sp³-hybridized carbons (Fsp3) is 0.400. The van der Waals surface area contributed by atoms with Crippen LogP contribution in [0, 0.1) is 6.92 Å². The van der Waals surface area contributed by atoms with Crippen molar-refractivity contribution in [1.82, 2.24) is 15.5 Å². The van der Waals surface area contributed by atoms with Crippen molar-refractivity contribution in [3.8, 4) is 17.0 Å². The van der Waals surface area contributed by atoms with E-state index in [-0.39, 0.29) is 0 Å². The summed E-state index contributed by atoms with van der Waals surface area (Å²) < 4.78 is 5.42. The summed E-state index contributed by atoms with van der Waals surface area (Å²) in [5.41, 5.74) is 3.21. The Morgan fingerprint density at radius 3 is 3.00 bits per heavy atom. The van der Waals surface area contributed by atoms with Crippen LogP contribution in [0.2, 0.25) is 0 Å². The Hall–Kier alpha value is -2.01. The minimum atomic E-state index is 0.463. The number of H-pyrrole nitrogens is 1. The van der Waals surface area contributed by atoms with Crippen molar-refractivity contribution in [2.24, 2.45) is 0 Å². The molecule has 0 radical (unpaired) electrons. The van der Waals surface area contributed by atoms with Gasteiger partial charge in [0, 0.05) is 24.2 Å². The number of anilines is 1. The molecule has 1 saturated heterocycles. The number of rotatable bonds is 4. The average Bonchev–Trinajstić information content (AvgIpc) is 3.11. The Labute approximate surface area is 118 Å². The van der Waals surface area contributed by atoms with Gasteiger partial charge in [-0.1, -0.05) is 11.6 Å². The Morgan fingerprint density at radius 2 is 2.25 bits per heavy atom. The van der Waals surface area contributed by atoms with Crippen molar-refractivity contribution < 1.29 is 4.74 Å². The molecule has 5 nitrogen and oxygen atoms in total. The molecule has 0 saturated carbocycles. The van der Waals surface area contributed by atoms with Crippen molar-refractivity contribution in [2.45, 2.75) is 19.4 Å². The largest absolute Gasteiger partial charge is 0.496 e. The number of nitrogens with one attached hydrogen (secondary N) is 3. The van der Waals surface area contributed by atoms with Crippen LogP contribution in [-0.2, 0) is 0 Å².